The van der Waals surface area contributed by atoms with E-state index in [1.54, 1.807) is 0 Å². The van der Waals surface area contributed by atoms with Crippen molar-refractivity contribution in [2.45, 2.75) is 57.6 Å². The normalized spacial score (nSPS) is 29.3. The Labute approximate surface area is 91.6 Å². The second kappa shape index (κ2) is 4.97. The van der Waals surface area contributed by atoms with Gasteiger partial charge in [-0.3, -0.25) is 4.79 Å². The fraction of sp³-hybridized carbons (Fsp3) is 0.917. The lowest BCUT2D eigenvalue weighted by atomic mass is 10.1. The van der Waals surface area contributed by atoms with E-state index >= 15 is 0 Å². The summed E-state index contributed by atoms with van der Waals surface area (Å²) in [5.41, 5.74) is 0. The van der Waals surface area contributed by atoms with Gasteiger partial charge in [0.25, 0.3) is 0 Å². The molecule has 1 N–H and O–H groups in total. The molecule has 0 spiro atoms. The van der Waals surface area contributed by atoms with Gasteiger partial charge in [-0.25, -0.2) is 0 Å². The molecule has 2 unspecified atom stereocenters. The summed E-state index contributed by atoms with van der Waals surface area (Å²) in [7, 11) is 0. The van der Waals surface area contributed by atoms with E-state index in [0.29, 0.717) is 0 Å². The fourth-order valence-corrected chi connectivity index (χ4v) is 2.62. The van der Waals surface area contributed by atoms with Crippen LogP contribution in [0.15, 0.2) is 0 Å². The molecule has 0 radical (unpaired) electrons. The molecular weight excluding hydrogens is 190 g/mol. The first-order chi connectivity index (χ1) is 7.27. The minimum atomic E-state index is 0.181. The minimum absolute atomic E-state index is 0.181. The van der Waals surface area contributed by atoms with E-state index in [0.717, 1.165) is 32.3 Å². The van der Waals surface area contributed by atoms with E-state index in [-0.39, 0.29) is 24.0 Å². The van der Waals surface area contributed by atoms with E-state index in [9.17, 15) is 4.79 Å². The average molecular weight is 211 g/mol. The second-order valence-electron chi connectivity index (χ2n) is 4.83. The standard InChI is InChI=1S/C12H21NO2/c1-9(11-7-4-8-15-11)13-12(14)10-5-2-3-6-10/h9-11H,2-8H2,1H3,(H,13,14). The van der Waals surface area contributed by atoms with Crippen molar-refractivity contribution in [3.8, 4) is 0 Å². The van der Waals surface area contributed by atoms with Crippen molar-refractivity contribution in [3.05, 3.63) is 0 Å². The van der Waals surface area contributed by atoms with Crippen molar-refractivity contribution in [1.29, 1.82) is 0 Å². The number of nitrogens with one attached hydrogen (secondary N) is 1. The van der Waals surface area contributed by atoms with Crippen molar-refractivity contribution in [1.82, 2.24) is 5.32 Å². The van der Waals surface area contributed by atoms with Crippen molar-refractivity contribution in [2.24, 2.45) is 5.92 Å². The van der Waals surface area contributed by atoms with Crippen molar-refractivity contribution in [3.63, 3.8) is 0 Å². The quantitative estimate of drug-likeness (QED) is 0.773. The second-order valence-corrected chi connectivity index (χ2v) is 4.83. The Morgan fingerprint density at radius 2 is 2.00 bits per heavy atom. The molecule has 1 heterocycles. The van der Waals surface area contributed by atoms with Crippen LogP contribution >= 0.6 is 0 Å². The fourth-order valence-electron chi connectivity index (χ4n) is 2.62. The summed E-state index contributed by atoms with van der Waals surface area (Å²) in [6, 6.07) is 0.181. The van der Waals surface area contributed by atoms with Crippen LogP contribution in [-0.4, -0.2) is 24.7 Å². The molecule has 2 rings (SSSR count). The first kappa shape index (κ1) is 10.9. The van der Waals surface area contributed by atoms with E-state index in [2.05, 4.69) is 12.2 Å². The molecule has 1 saturated heterocycles. The van der Waals surface area contributed by atoms with Gasteiger partial charge in [0, 0.05) is 12.5 Å². The topological polar surface area (TPSA) is 38.3 Å². The summed E-state index contributed by atoms with van der Waals surface area (Å²) < 4.78 is 5.56. The molecule has 2 aliphatic rings. The number of carbonyl (C=O) groups is 1. The largest absolute Gasteiger partial charge is 0.376 e. The number of rotatable bonds is 3. The van der Waals surface area contributed by atoms with Crippen LogP contribution in [0.25, 0.3) is 0 Å². The highest BCUT2D eigenvalue weighted by atomic mass is 16.5. The number of hydrogen-bond acceptors (Lipinski definition) is 2. The molecule has 0 aromatic rings. The summed E-state index contributed by atoms with van der Waals surface area (Å²) in [5, 5.41) is 3.10. The van der Waals surface area contributed by atoms with Crippen LogP contribution in [0.1, 0.15) is 45.4 Å². The zero-order chi connectivity index (χ0) is 10.7. The lowest BCUT2D eigenvalue weighted by Gasteiger charge is -2.21. The van der Waals surface area contributed by atoms with Gasteiger partial charge < -0.3 is 10.1 Å². The Kier molecular flexibility index (Phi) is 3.62. The molecule has 0 aromatic carbocycles. The van der Waals surface area contributed by atoms with Crippen LogP contribution in [0.2, 0.25) is 0 Å². The molecule has 1 aliphatic heterocycles. The zero-order valence-electron chi connectivity index (χ0n) is 9.50. The molecule has 0 bridgehead atoms. The molecule has 1 amide bonds. The van der Waals surface area contributed by atoms with E-state index < -0.39 is 0 Å². The third-order valence-corrected chi connectivity index (χ3v) is 3.62. The maximum Gasteiger partial charge on any atom is 0.223 e. The predicted octanol–water partition coefficient (Wildman–Crippen LogP) is 1.86. The maximum atomic E-state index is 11.8. The first-order valence-corrected chi connectivity index (χ1v) is 6.19. The van der Waals surface area contributed by atoms with Crippen LogP contribution in [0.3, 0.4) is 0 Å². The van der Waals surface area contributed by atoms with Gasteiger partial charge in [0.2, 0.25) is 5.91 Å². The van der Waals surface area contributed by atoms with Gasteiger partial charge in [-0.2, -0.15) is 0 Å². The molecule has 1 saturated carbocycles. The Hall–Kier alpha value is -0.570. The van der Waals surface area contributed by atoms with Gasteiger partial charge in [0.1, 0.15) is 0 Å². The number of ether oxygens (including phenoxy) is 1. The van der Waals surface area contributed by atoms with Crippen molar-refractivity contribution in [2.75, 3.05) is 6.61 Å². The summed E-state index contributed by atoms with van der Waals surface area (Å²) >= 11 is 0. The highest BCUT2D eigenvalue weighted by Gasteiger charge is 2.27. The monoisotopic (exact) mass is 211 g/mol. The Morgan fingerprint density at radius 1 is 1.27 bits per heavy atom. The molecule has 15 heavy (non-hydrogen) atoms. The SMILES string of the molecule is CC(NC(=O)C1CCCC1)C1CCCO1. The number of hydrogen-bond donors (Lipinski definition) is 1. The summed E-state index contributed by atoms with van der Waals surface area (Å²) in [5.74, 6) is 0.518. The highest BCUT2D eigenvalue weighted by molar-refractivity contribution is 5.79. The van der Waals surface area contributed by atoms with Crippen LogP contribution in [0.5, 0.6) is 0 Å². The molecule has 0 aromatic heterocycles. The highest BCUT2D eigenvalue weighted by Crippen LogP contribution is 2.25. The molecule has 86 valence electrons. The molecular formula is C12H21NO2. The van der Waals surface area contributed by atoms with E-state index in [1.807, 2.05) is 0 Å². The van der Waals surface area contributed by atoms with Gasteiger partial charge in [0.05, 0.1) is 12.1 Å². The van der Waals surface area contributed by atoms with Gasteiger partial charge in [-0.05, 0) is 32.6 Å². The summed E-state index contributed by atoms with van der Waals surface area (Å²) in [4.78, 5) is 11.8. The van der Waals surface area contributed by atoms with E-state index in [4.69, 9.17) is 4.74 Å². The average Bonchev–Trinajstić information content (AvgIpc) is 2.91. The van der Waals surface area contributed by atoms with E-state index in [1.165, 1.54) is 12.8 Å². The molecule has 1 aliphatic carbocycles. The lowest BCUT2D eigenvalue weighted by Crippen LogP contribution is -2.43. The third kappa shape index (κ3) is 2.71. The summed E-state index contributed by atoms with van der Waals surface area (Å²) in [6.45, 7) is 2.91. The zero-order valence-corrected chi connectivity index (χ0v) is 9.50. The Morgan fingerprint density at radius 3 is 2.60 bits per heavy atom. The molecule has 3 heteroatoms. The van der Waals surface area contributed by atoms with Gasteiger partial charge >= 0.3 is 0 Å². The minimum Gasteiger partial charge on any atom is -0.376 e. The summed E-state index contributed by atoms with van der Waals surface area (Å²) in [6.07, 6.45) is 7.04. The lowest BCUT2D eigenvalue weighted by molar-refractivity contribution is -0.126. The molecule has 3 nitrogen and oxygen atoms in total. The van der Waals surface area contributed by atoms with Crippen molar-refractivity contribution >= 4 is 5.91 Å². The third-order valence-electron chi connectivity index (χ3n) is 3.62. The van der Waals surface area contributed by atoms with Crippen LogP contribution in [0, 0.1) is 5.92 Å². The van der Waals surface area contributed by atoms with Crippen LogP contribution in [-0.2, 0) is 9.53 Å². The van der Waals surface area contributed by atoms with Gasteiger partial charge in [-0.1, -0.05) is 12.8 Å². The number of carbonyl (C=O) groups excluding carboxylic acids is 1. The first-order valence-electron chi connectivity index (χ1n) is 6.19. The molecule has 2 fully saturated rings. The van der Waals surface area contributed by atoms with Crippen LogP contribution in [0.4, 0.5) is 0 Å². The van der Waals surface area contributed by atoms with Crippen LogP contribution < -0.4 is 5.32 Å². The van der Waals surface area contributed by atoms with Gasteiger partial charge in [0.15, 0.2) is 0 Å². The predicted molar refractivity (Wildman–Crippen MR) is 58.5 cm³/mol. The smallest absolute Gasteiger partial charge is 0.223 e. The Bertz CT molecular complexity index is 218. The van der Waals surface area contributed by atoms with Crippen molar-refractivity contribution < 1.29 is 9.53 Å². The van der Waals surface area contributed by atoms with Gasteiger partial charge in [-0.15, -0.1) is 0 Å². The number of amides is 1. The maximum absolute atomic E-state index is 11.8. The molecule has 2 atom stereocenters. The Balaban J connectivity index is 1.77.